The molecule has 0 saturated heterocycles. The Morgan fingerprint density at radius 3 is 2.50 bits per heavy atom. The highest BCUT2D eigenvalue weighted by Gasteiger charge is 2.08. The van der Waals surface area contributed by atoms with Gasteiger partial charge in [-0.15, -0.1) is 0 Å². The molecule has 0 heterocycles. The fourth-order valence-electron chi connectivity index (χ4n) is 0.716. The van der Waals surface area contributed by atoms with Crippen LogP contribution in [0.25, 0.3) is 0 Å². The molecule has 1 aromatic rings. The van der Waals surface area contributed by atoms with Crippen LogP contribution >= 0.6 is 11.6 Å². The maximum atomic E-state index is 10.4. The Kier molecular flexibility index (Phi) is 3.52. The van der Waals surface area contributed by atoms with E-state index in [1.54, 1.807) is 12.1 Å². The molecule has 0 aliphatic heterocycles. The topological polar surface area (TPSA) is 49.3 Å². The van der Waals surface area contributed by atoms with E-state index < -0.39 is 15.9 Å². The van der Waals surface area contributed by atoms with Gasteiger partial charge in [0.05, 0.1) is 0 Å². The van der Waals surface area contributed by atoms with Gasteiger partial charge in [-0.2, -0.15) is 0 Å². The van der Waals surface area contributed by atoms with Gasteiger partial charge in [-0.05, 0) is 12.1 Å². The smallest absolute Gasteiger partial charge is 0.203 e. The number of nitrogens with one attached hydrogen (secondary N) is 1. The van der Waals surface area contributed by atoms with Crippen molar-refractivity contribution in [1.82, 2.24) is 0 Å². The van der Waals surface area contributed by atoms with Crippen LogP contribution in [0.5, 0.6) is 0 Å². The minimum Gasteiger partial charge on any atom is -0.357 e. The summed E-state index contributed by atoms with van der Waals surface area (Å²) in [6.45, 7) is 0. The highest BCUT2D eigenvalue weighted by molar-refractivity contribution is 7.81. The molecular weight excluding hydrogens is 198 g/mol. The summed E-state index contributed by atoms with van der Waals surface area (Å²) in [5.74, 6) is 0. The van der Waals surface area contributed by atoms with Crippen molar-refractivity contribution in [3.63, 3.8) is 0 Å². The van der Waals surface area contributed by atoms with Crippen molar-refractivity contribution in [2.24, 2.45) is 0 Å². The molecule has 0 aromatic heterocycles. The third-order valence-corrected chi connectivity index (χ3v) is 2.27. The number of hydrogen-bond acceptors (Lipinski definition) is 2. The van der Waals surface area contributed by atoms with E-state index in [1.807, 2.05) is 18.2 Å². The highest BCUT2D eigenvalue weighted by Crippen LogP contribution is 2.10. The predicted molar refractivity (Wildman–Crippen MR) is 50.5 cm³/mol. The Balaban J connectivity index is 2.58. The van der Waals surface area contributed by atoms with Gasteiger partial charge in [0.1, 0.15) is 0 Å². The van der Waals surface area contributed by atoms with Gasteiger partial charge in [-0.3, -0.25) is 0 Å². The second-order valence-electron chi connectivity index (χ2n) is 2.10. The van der Waals surface area contributed by atoms with Gasteiger partial charge >= 0.3 is 0 Å². The number of hydrogen-bond donors (Lipinski definition) is 2. The molecule has 0 radical (unpaired) electrons. The third kappa shape index (κ3) is 2.81. The summed E-state index contributed by atoms with van der Waals surface area (Å²) in [6.07, 6.45) is 0. The fraction of sp³-hybridized carbons (Fsp3) is 0.143. The number of para-hydroxylation sites is 1. The van der Waals surface area contributed by atoms with E-state index in [2.05, 4.69) is 5.32 Å². The van der Waals surface area contributed by atoms with Crippen LogP contribution in [0.1, 0.15) is 0 Å². The van der Waals surface area contributed by atoms with Crippen LogP contribution in [0.2, 0.25) is 0 Å². The van der Waals surface area contributed by atoms with E-state index in [-0.39, 0.29) is 0 Å². The predicted octanol–water partition coefficient (Wildman–Crippen LogP) is 1.84. The molecule has 0 saturated carbocycles. The van der Waals surface area contributed by atoms with Crippen LogP contribution in [-0.4, -0.2) is 13.6 Å². The lowest BCUT2D eigenvalue weighted by Gasteiger charge is -2.08. The van der Waals surface area contributed by atoms with Crippen LogP contribution < -0.4 is 5.32 Å². The van der Waals surface area contributed by atoms with Crippen molar-refractivity contribution < 1.29 is 8.76 Å². The molecule has 0 amide bonds. The monoisotopic (exact) mass is 205 g/mol. The summed E-state index contributed by atoms with van der Waals surface area (Å²) in [5.41, 5.74) is 0.722. The van der Waals surface area contributed by atoms with Crippen LogP contribution in [-0.2, 0) is 11.1 Å². The lowest BCUT2D eigenvalue weighted by molar-refractivity contribution is 0.563. The van der Waals surface area contributed by atoms with Crippen molar-refractivity contribution in [2.75, 3.05) is 5.32 Å². The first kappa shape index (κ1) is 9.51. The van der Waals surface area contributed by atoms with Gasteiger partial charge in [0.2, 0.25) is 4.83 Å². The average molecular weight is 206 g/mol. The molecular formula is C7H8ClNO2S. The van der Waals surface area contributed by atoms with E-state index in [0.29, 0.717) is 0 Å². The second kappa shape index (κ2) is 4.45. The molecule has 5 heteroatoms. The molecule has 0 fully saturated rings. The summed E-state index contributed by atoms with van der Waals surface area (Å²) in [4.78, 5) is -0.965. The minimum atomic E-state index is -2.06. The quantitative estimate of drug-likeness (QED) is 0.450. The summed E-state index contributed by atoms with van der Waals surface area (Å²) < 4.78 is 19.0. The lowest BCUT2D eigenvalue weighted by atomic mass is 10.3. The van der Waals surface area contributed by atoms with E-state index in [9.17, 15) is 4.21 Å². The van der Waals surface area contributed by atoms with Crippen LogP contribution in [0.3, 0.4) is 0 Å². The largest absolute Gasteiger partial charge is 0.357 e. The maximum absolute atomic E-state index is 10.4. The van der Waals surface area contributed by atoms with Crippen molar-refractivity contribution in [3.8, 4) is 0 Å². The van der Waals surface area contributed by atoms with Crippen molar-refractivity contribution in [2.45, 2.75) is 4.83 Å². The highest BCUT2D eigenvalue weighted by atomic mass is 35.5. The lowest BCUT2D eigenvalue weighted by Crippen LogP contribution is -2.17. The molecule has 0 aliphatic carbocycles. The summed E-state index contributed by atoms with van der Waals surface area (Å²) in [7, 11) is 0. The van der Waals surface area contributed by atoms with E-state index in [0.717, 1.165) is 5.69 Å². The Bertz CT molecular complexity index is 267. The Labute approximate surface area is 78.0 Å². The zero-order valence-electron chi connectivity index (χ0n) is 6.11. The van der Waals surface area contributed by atoms with Crippen LogP contribution in [0, 0.1) is 0 Å². The normalized spacial score (nSPS) is 15.2. The number of halogens is 1. The first-order chi connectivity index (χ1) is 5.70. The molecule has 3 nitrogen and oxygen atoms in total. The molecule has 1 aromatic carbocycles. The zero-order valence-corrected chi connectivity index (χ0v) is 7.68. The van der Waals surface area contributed by atoms with Crippen molar-refractivity contribution in [3.05, 3.63) is 30.3 Å². The molecule has 0 spiro atoms. The maximum Gasteiger partial charge on any atom is 0.203 e. The minimum absolute atomic E-state index is 0.722. The van der Waals surface area contributed by atoms with Gasteiger partial charge in [0.15, 0.2) is 11.1 Å². The second-order valence-corrected chi connectivity index (χ2v) is 3.82. The van der Waals surface area contributed by atoms with Gasteiger partial charge in [-0.25, -0.2) is 4.21 Å². The molecule has 0 bridgehead atoms. The van der Waals surface area contributed by atoms with Crippen LogP contribution in [0.4, 0.5) is 5.69 Å². The van der Waals surface area contributed by atoms with Crippen LogP contribution in [0.15, 0.2) is 30.3 Å². The number of anilines is 1. The average Bonchev–Trinajstić information content (AvgIpc) is 2.06. The van der Waals surface area contributed by atoms with Gasteiger partial charge in [-0.1, -0.05) is 29.8 Å². The molecule has 2 atom stereocenters. The molecule has 2 unspecified atom stereocenters. The fourth-order valence-corrected chi connectivity index (χ4v) is 1.08. The zero-order chi connectivity index (χ0) is 8.97. The molecule has 1 rings (SSSR count). The first-order valence-corrected chi connectivity index (χ1v) is 4.86. The van der Waals surface area contributed by atoms with E-state index >= 15 is 0 Å². The van der Waals surface area contributed by atoms with E-state index in [1.165, 1.54) is 0 Å². The molecule has 66 valence electrons. The summed E-state index contributed by atoms with van der Waals surface area (Å²) in [6, 6.07) is 9.01. The van der Waals surface area contributed by atoms with Crippen molar-refractivity contribution >= 4 is 28.4 Å². The number of benzene rings is 1. The summed E-state index contributed by atoms with van der Waals surface area (Å²) >= 11 is 3.43. The third-order valence-electron chi connectivity index (χ3n) is 1.23. The Hall–Kier alpha value is -0.580. The van der Waals surface area contributed by atoms with Gasteiger partial charge in [0.25, 0.3) is 0 Å². The van der Waals surface area contributed by atoms with Gasteiger partial charge < -0.3 is 9.87 Å². The van der Waals surface area contributed by atoms with Gasteiger partial charge in [0, 0.05) is 5.69 Å². The standard InChI is InChI=1S/C7H8ClNO2S/c8-7(12(10)11)9-6-4-2-1-3-5-6/h1-5,7,9H,(H,10,11). The number of rotatable bonds is 3. The van der Waals surface area contributed by atoms with E-state index in [4.69, 9.17) is 16.2 Å². The molecule has 0 aliphatic rings. The molecule has 2 N–H and O–H groups in total. The van der Waals surface area contributed by atoms with Crippen molar-refractivity contribution in [1.29, 1.82) is 0 Å². The Morgan fingerprint density at radius 2 is 2.00 bits per heavy atom. The first-order valence-electron chi connectivity index (χ1n) is 3.25. The number of alkyl halides is 1. The molecule has 12 heavy (non-hydrogen) atoms. The Morgan fingerprint density at radius 1 is 1.42 bits per heavy atom. The summed E-state index contributed by atoms with van der Waals surface area (Å²) in [5, 5.41) is 2.66. The SMILES string of the molecule is O=S(O)C(Cl)Nc1ccccc1.